The molecular formula is C12H16N2O3. The first-order chi connectivity index (χ1) is 8.16. The van der Waals surface area contributed by atoms with E-state index in [1.165, 1.54) is 0 Å². The lowest BCUT2D eigenvalue weighted by Gasteiger charge is -2.13. The Labute approximate surface area is 99.6 Å². The van der Waals surface area contributed by atoms with Crippen molar-refractivity contribution < 1.29 is 14.0 Å². The molecule has 2 N–H and O–H groups in total. The van der Waals surface area contributed by atoms with E-state index in [4.69, 9.17) is 4.42 Å². The van der Waals surface area contributed by atoms with Gasteiger partial charge in [-0.3, -0.25) is 9.59 Å². The molecule has 0 bridgehead atoms. The summed E-state index contributed by atoms with van der Waals surface area (Å²) in [5.41, 5.74) is 0. The van der Waals surface area contributed by atoms with Gasteiger partial charge in [0.15, 0.2) is 5.76 Å². The Morgan fingerprint density at radius 1 is 1.47 bits per heavy atom. The minimum Gasteiger partial charge on any atom is -0.456 e. The molecule has 92 valence electrons. The number of carbonyl (C=O) groups is 2. The third-order valence-electron chi connectivity index (χ3n) is 2.80. The summed E-state index contributed by atoms with van der Waals surface area (Å²) in [7, 11) is 0. The van der Waals surface area contributed by atoms with Gasteiger partial charge >= 0.3 is 0 Å². The first kappa shape index (κ1) is 11.7. The fraction of sp³-hybridized carbons (Fsp3) is 0.500. The fourth-order valence-electron chi connectivity index (χ4n) is 1.86. The van der Waals surface area contributed by atoms with Crippen molar-refractivity contribution in [2.45, 2.75) is 32.2 Å². The SMILES string of the molecule is Cc1ccc(C(=O)N[C@@H]2CCCCNC2=O)o1. The molecule has 5 heteroatoms. The quantitative estimate of drug-likeness (QED) is 0.804. The number of hydrogen-bond acceptors (Lipinski definition) is 3. The van der Waals surface area contributed by atoms with Crippen molar-refractivity contribution in [3.05, 3.63) is 23.7 Å². The molecule has 0 saturated carbocycles. The number of hydrogen-bond donors (Lipinski definition) is 2. The zero-order valence-corrected chi connectivity index (χ0v) is 9.79. The maximum Gasteiger partial charge on any atom is 0.287 e. The largest absolute Gasteiger partial charge is 0.456 e. The van der Waals surface area contributed by atoms with Crippen LogP contribution >= 0.6 is 0 Å². The first-order valence-corrected chi connectivity index (χ1v) is 5.82. The van der Waals surface area contributed by atoms with E-state index in [0.717, 1.165) is 12.8 Å². The molecule has 1 aromatic rings. The van der Waals surface area contributed by atoms with Gasteiger partial charge in [0.2, 0.25) is 5.91 Å². The van der Waals surface area contributed by atoms with Crippen LogP contribution in [0.1, 0.15) is 35.6 Å². The minimum absolute atomic E-state index is 0.112. The van der Waals surface area contributed by atoms with Crippen LogP contribution in [-0.2, 0) is 4.79 Å². The smallest absolute Gasteiger partial charge is 0.287 e. The molecule has 0 aliphatic carbocycles. The zero-order valence-electron chi connectivity index (χ0n) is 9.79. The number of nitrogens with one attached hydrogen (secondary N) is 2. The summed E-state index contributed by atoms with van der Waals surface area (Å²) in [5, 5.41) is 5.47. The molecule has 2 amide bonds. The summed E-state index contributed by atoms with van der Waals surface area (Å²) in [6, 6.07) is 2.89. The van der Waals surface area contributed by atoms with Gasteiger partial charge in [-0.15, -0.1) is 0 Å². The molecule has 5 nitrogen and oxygen atoms in total. The van der Waals surface area contributed by atoms with Crippen LogP contribution in [0.3, 0.4) is 0 Å². The van der Waals surface area contributed by atoms with Crippen LogP contribution in [0, 0.1) is 6.92 Å². The molecule has 0 unspecified atom stereocenters. The monoisotopic (exact) mass is 236 g/mol. The highest BCUT2D eigenvalue weighted by Gasteiger charge is 2.23. The van der Waals surface area contributed by atoms with E-state index in [2.05, 4.69) is 10.6 Å². The van der Waals surface area contributed by atoms with E-state index in [9.17, 15) is 9.59 Å². The maximum atomic E-state index is 11.8. The van der Waals surface area contributed by atoms with Crippen LogP contribution in [0.25, 0.3) is 0 Å². The van der Waals surface area contributed by atoms with Gasteiger partial charge in [-0.05, 0) is 38.3 Å². The lowest BCUT2D eigenvalue weighted by molar-refractivity contribution is -0.122. The van der Waals surface area contributed by atoms with Crippen molar-refractivity contribution in [1.82, 2.24) is 10.6 Å². The van der Waals surface area contributed by atoms with E-state index >= 15 is 0 Å². The number of furan rings is 1. The molecule has 0 aromatic carbocycles. The van der Waals surface area contributed by atoms with Crippen LogP contribution < -0.4 is 10.6 Å². The molecule has 2 heterocycles. The van der Waals surface area contributed by atoms with Gasteiger partial charge in [-0.25, -0.2) is 0 Å². The van der Waals surface area contributed by atoms with Crippen molar-refractivity contribution in [3.8, 4) is 0 Å². The molecule has 0 spiro atoms. The van der Waals surface area contributed by atoms with Crippen molar-refractivity contribution in [2.75, 3.05) is 6.54 Å². The molecule has 1 atom stereocenters. The second-order valence-corrected chi connectivity index (χ2v) is 4.22. The summed E-state index contributed by atoms with van der Waals surface area (Å²) in [5.74, 6) is 0.485. The van der Waals surface area contributed by atoms with Gasteiger partial charge in [0.25, 0.3) is 5.91 Å². The van der Waals surface area contributed by atoms with E-state index in [-0.39, 0.29) is 17.6 Å². The Kier molecular flexibility index (Phi) is 3.46. The zero-order chi connectivity index (χ0) is 12.3. The molecule has 17 heavy (non-hydrogen) atoms. The van der Waals surface area contributed by atoms with Gasteiger partial charge in [0.1, 0.15) is 11.8 Å². The van der Waals surface area contributed by atoms with E-state index in [1.54, 1.807) is 19.1 Å². The highest BCUT2D eigenvalue weighted by atomic mass is 16.3. The Hall–Kier alpha value is -1.78. The Morgan fingerprint density at radius 3 is 3.00 bits per heavy atom. The van der Waals surface area contributed by atoms with Crippen molar-refractivity contribution in [2.24, 2.45) is 0 Å². The number of carbonyl (C=O) groups excluding carboxylic acids is 2. The Balaban J connectivity index is 1.99. The first-order valence-electron chi connectivity index (χ1n) is 5.82. The highest BCUT2D eigenvalue weighted by Crippen LogP contribution is 2.09. The molecule has 1 fully saturated rings. The summed E-state index contributed by atoms with van der Waals surface area (Å²) >= 11 is 0. The van der Waals surface area contributed by atoms with E-state index < -0.39 is 6.04 Å². The topological polar surface area (TPSA) is 71.3 Å². The molecule has 1 aliphatic rings. The molecule has 0 radical (unpaired) electrons. The van der Waals surface area contributed by atoms with Gasteiger partial charge in [-0.1, -0.05) is 0 Å². The second kappa shape index (κ2) is 5.03. The van der Waals surface area contributed by atoms with Crippen molar-refractivity contribution in [1.29, 1.82) is 0 Å². The maximum absolute atomic E-state index is 11.8. The van der Waals surface area contributed by atoms with Crippen LogP contribution in [-0.4, -0.2) is 24.4 Å². The Morgan fingerprint density at radius 2 is 2.29 bits per heavy atom. The lowest BCUT2D eigenvalue weighted by Crippen LogP contribution is -2.45. The number of amides is 2. The standard InChI is InChI=1S/C12H16N2O3/c1-8-5-6-10(17-8)12(16)14-9-4-2-3-7-13-11(9)15/h5-6,9H,2-4,7H2,1H3,(H,13,15)(H,14,16)/t9-/m1/s1. The summed E-state index contributed by atoms with van der Waals surface area (Å²) < 4.78 is 5.21. The summed E-state index contributed by atoms with van der Waals surface area (Å²) in [4.78, 5) is 23.4. The fourth-order valence-corrected chi connectivity index (χ4v) is 1.86. The van der Waals surface area contributed by atoms with Gasteiger partial charge in [0, 0.05) is 6.54 Å². The lowest BCUT2D eigenvalue weighted by atomic mass is 10.1. The summed E-state index contributed by atoms with van der Waals surface area (Å²) in [6.45, 7) is 2.46. The third-order valence-corrected chi connectivity index (χ3v) is 2.80. The molecule has 1 aromatic heterocycles. The summed E-state index contributed by atoms with van der Waals surface area (Å²) in [6.07, 6.45) is 2.57. The highest BCUT2D eigenvalue weighted by molar-refractivity contribution is 5.95. The predicted octanol–water partition coefficient (Wildman–Crippen LogP) is 0.987. The second-order valence-electron chi connectivity index (χ2n) is 4.22. The van der Waals surface area contributed by atoms with E-state index in [1.807, 2.05) is 0 Å². The predicted molar refractivity (Wildman–Crippen MR) is 61.6 cm³/mol. The third kappa shape index (κ3) is 2.87. The number of rotatable bonds is 2. The van der Waals surface area contributed by atoms with Crippen LogP contribution in [0.5, 0.6) is 0 Å². The van der Waals surface area contributed by atoms with Crippen LogP contribution in [0.2, 0.25) is 0 Å². The van der Waals surface area contributed by atoms with Gasteiger partial charge < -0.3 is 15.1 Å². The normalized spacial score (nSPS) is 20.5. The molecular weight excluding hydrogens is 220 g/mol. The molecule has 1 saturated heterocycles. The van der Waals surface area contributed by atoms with Gasteiger partial charge in [0.05, 0.1) is 0 Å². The average molecular weight is 236 g/mol. The van der Waals surface area contributed by atoms with Crippen molar-refractivity contribution in [3.63, 3.8) is 0 Å². The minimum atomic E-state index is -0.449. The Bertz CT molecular complexity index is 425. The molecule has 2 rings (SSSR count). The number of aryl methyl sites for hydroxylation is 1. The van der Waals surface area contributed by atoms with Crippen LogP contribution in [0.4, 0.5) is 0 Å². The van der Waals surface area contributed by atoms with Crippen molar-refractivity contribution >= 4 is 11.8 Å². The van der Waals surface area contributed by atoms with Crippen LogP contribution in [0.15, 0.2) is 16.5 Å². The average Bonchev–Trinajstić information content (AvgIpc) is 2.63. The van der Waals surface area contributed by atoms with Gasteiger partial charge in [-0.2, -0.15) is 0 Å². The molecule has 1 aliphatic heterocycles. The van der Waals surface area contributed by atoms with E-state index in [0.29, 0.717) is 18.7 Å².